The summed E-state index contributed by atoms with van der Waals surface area (Å²) < 4.78 is 38.4. The zero-order valence-electron chi connectivity index (χ0n) is 9.33. The Labute approximate surface area is 106 Å². The van der Waals surface area contributed by atoms with E-state index in [1.165, 1.54) is 18.2 Å². The molecular formula is C11H12F3NO2S. The van der Waals surface area contributed by atoms with Gasteiger partial charge in [0.05, 0.1) is 12.3 Å². The van der Waals surface area contributed by atoms with Gasteiger partial charge >= 0.3 is 0 Å². The molecule has 18 heavy (non-hydrogen) atoms. The zero-order chi connectivity index (χ0) is 13.6. The molecule has 0 aliphatic rings. The highest BCUT2D eigenvalue weighted by molar-refractivity contribution is 8.00. The van der Waals surface area contributed by atoms with E-state index in [1.807, 2.05) is 5.32 Å². The number of carbonyl (C=O) groups is 1. The van der Waals surface area contributed by atoms with E-state index in [2.05, 4.69) is 0 Å². The Bertz CT molecular complexity index is 415. The molecule has 0 radical (unpaired) electrons. The molecule has 0 aromatic heterocycles. The van der Waals surface area contributed by atoms with E-state index in [0.717, 1.165) is 11.8 Å². The Kier molecular flexibility index (Phi) is 5.49. The maximum Gasteiger partial charge on any atom is 0.287 e. The van der Waals surface area contributed by atoms with Gasteiger partial charge in [-0.2, -0.15) is 0 Å². The maximum atomic E-state index is 13.2. The van der Waals surface area contributed by atoms with E-state index in [1.54, 1.807) is 6.07 Å². The first-order valence-electron chi connectivity index (χ1n) is 5.07. The summed E-state index contributed by atoms with van der Waals surface area (Å²) in [7, 11) is 0. The summed E-state index contributed by atoms with van der Waals surface area (Å²) in [4.78, 5) is 11.5. The summed E-state index contributed by atoms with van der Waals surface area (Å²) in [5.41, 5.74) is 0. The average Bonchev–Trinajstić information content (AvgIpc) is 2.35. The van der Waals surface area contributed by atoms with Crippen LogP contribution in [0.1, 0.15) is 0 Å². The van der Waals surface area contributed by atoms with Crippen molar-refractivity contribution in [3.05, 3.63) is 30.1 Å². The number of aliphatic hydroxyl groups is 1. The van der Waals surface area contributed by atoms with Crippen LogP contribution in [0.15, 0.2) is 29.2 Å². The first-order valence-corrected chi connectivity index (χ1v) is 6.06. The number of carbonyl (C=O) groups excluding carboxylic acids is 1. The third-order valence-electron chi connectivity index (χ3n) is 1.97. The van der Waals surface area contributed by atoms with Crippen LogP contribution in [0.5, 0.6) is 0 Å². The largest absolute Gasteiger partial charge is 0.390 e. The van der Waals surface area contributed by atoms with Gasteiger partial charge in [-0.05, 0) is 12.1 Å². The van der Waals surface area contributed by atoms with Gasteiger partial charge in [0.25, 0.3) is 5.92 Å². The van der Waals surface area contributed by atoms with Gasteiger partial charge in [-0.25, -0.2) is 13.2 Å². The fourth-order valence-corrected chi connectivity index (χ4v) is 1.81. The van der Waals surface area contributed by atoms with Crippen LogP contribution >= 0.6 is 11.8 Å². The summed E-state index contributed by atoms with van der Waals surface area (Å²) in [6.07, 6.45) is 0. The van der Waals surface area contributed by atoms with Crippen molar-refractivity contribution in [2.24, 2.45) is 0 Å². The molecule has 0 atom stereocenters. The van der Waals surface area contributed by atoms with E-state index < -0.39 is 30.8 Å². The van der Waals surface area contributed by atoms with Gasteiger partial charge in [0.15, 0.2) is 0 Å². The van der Waals surface area contributed by atoms with Crippen LogP contribution in [0.25, 0.3) is 0 Å². The number of benzene rings is 1. The number of hydrogen-bond acceptors (Lipinski definition) is 3. The van der Waals surface area contributed by atoms with Gasteiger partial charge in [-0.1, -0.05) is 12.1 Å². The molecule has 1 amide bonds. The monoisotopic (exact) mass is 279 g/mol. The molecule has 3 nitrogen and oxygen atoms in total. The number of aliphatic hydroxyl groups excluding tert-OH is 1. The number of halogens is 3. The van der Waals surface area contributed by atoms with E-state index >= 15 is 0 Å². The molecule has 0 unspecified atom stereocenters. The maximum absolute atomic E-state index is 13.2. The van der Waals surface area contributed by atoms with Crippen LogP contribution in [0.2, 0.25) is 0 Å². The van der Waals surface area contributed by atoms with Crippen molar-refractivity contribution in [3.63, 3.8) is 0 Å². The normalized spacial score (nSPS) is 11.3. The average molecular weight is 279 g/mol. The summed E-state index contributed by atoms with van der Waals surface area (Å²) in [6, 6.07) is 5.88. The van der Waals surface area contributed by atoms with E-state index in [-0.39, 0.29) is 10.6 Å². The van der Waals surface area contributed by atoms with Crippen molar-refractivity contribution in [2.45, 2.75) is 10.8 Å². The second kappa shape index (κ2) is 6.65. The van der Waals surface area contributed by atoms with Gasteiger partial charge in [-0.15, -0.1) is 11.8 Å². The highest BCUT2D eigenvalue weighted by Crippen LogP contribution is 2.20. The highest BCUT2D eigenvalue weighted by Gasteiger charge is 2.28. The highest BCUT2D eigenvalue weighted by atomic mass is 32.2. The van der Waals surface area contributed by atoms with Crippen LogP contribution < -0.4 is 5.32 Å². The van der Waals surface area contributed by atoms with Gasteiger partial charge < -0.3 is 10.4 Å². The molecule has 1 aromatic rings. The molecule has 0 spiro atoms. The van der Waals surface area contributed by atoms with Crippen molar-refractivity contribution >= 4 is 17.7 Å². The number of hydrogen-bond donors (Lipinski definition) is 2. The molecule has 0 fully saturated rings. The minimum absolute atomic E-state index is 0.164. The molecule has 0 heterocycles. The molecule has 100 valence electrons. The molecule has 1 aromatic carbocycles. The van der Waals surface area contributed by atoms with E-state index in [4.69, 9.17) is 5.11 Å². The third-order valence-corrected chi connectivity index (χ3v) is 3.02. The molecule has 0 saturated heterocycles. The van der Waals surface area contributed by atoms with Crippen molar-refractivity contribution in [1.29, 1.82) is 0 Å². The van der Waals surface area contributed by atoms with Gasteiger partial charge in [-0.3, -0.25) is 4.79 Å². The van der Waals surface area contributed by atoms with Crippen LogP contribution in [0.4, 0.5) is 13.2 Å². The zero-order valence-corrected chi connectivity index (χ0v) is 10.1. The summed E-state index contributed by atoms with van der Waals surface area (Å²) in [6.45, 7) is -2.26. The Morgan fingerprint density at radius 1 is 1.39 bits per heavy atom. The SMILES string of the molecule is O=C(CSc1ccccc1F)NCC(F)(F)CO. The predicted molar refractivity (Wildman–Crippen MR) is 62.2 cm³/mol. The first-order chi connectivity index (χ1) is 8.44. The van der Waals surface area contributed by atoms with Crippen molar-refractivity contribution in [2.75, 3.05) is 18.9 Å². The fourth-order valence-electron chi connectivity index (χ4n) is 1.04. The minimum Gasteiger partial charge on any atom is -0.390 e. The lowest BCUT2D eigenvalue weighted by Crippen LogP contribution is -2.39. The molecule has 0 saturated carbocycles. The van der Waals surface area contributed by atoms with Gasteiger partial charge in [0.2, 0.25) is 5.91 Å². The molecule has 7 heteroatoms. The minimum atomic E-state index is -3.33. The van der Waals surface area contributed by atoms with E-state index in [0.29, 0.717) is 0 Å². The predicted octanol–water partition coefficient (Wildman–Crippen LogP) is 1.66. The van der Waals surface area contributed by atoms with E-state index in [9.17, 15) is 18.0 Å². The summed E-state index contributed by atoms with van der Waals surface area (Å²) in [5, 5.41) is 10.3. The van der Waals surface area contributed by atoms with Crippen molar-refractivity contribution in [1.82, 2.24) is 5.32 Å². The number of thioether (sulfide) groups is 1. The summed E-state index contributed by atoms with van der Waals surface area (Å²) >= 11 is 0.919. The molecule has 0 aliphatic carbocycles. The Morgan fingerprint density at radius 2 is 2.06 bits per heavy atom. The summed E-state index contributed by atoms with van der Waals surface area (Å²) in [5.74, 6) is -4.60. The molecule has 0 bridgehead atoms. The number of rotatable bonds is 6. The molecule has 0 aliphatic heterocycles. The molecule has 2 N–H and O–H groups in total. The second-order valence-electron chi connectivity index (χ2n) is 3.51. The topological polar surface area (TPSA) is 49.3 Å². The molecule has 1 rings (SSSR count). The standard InChI is InChI=1S/C11H12F3NO2S/c12-8-3-1-2-4-9(8)18-5-10(17)15-6-11(13,14)7-16/h1-4,16H,5-7H2,(H,15,17). The number of alkyl halides is 2. The van der Waals surface area contributed by atoms with Crippen LogP contribution in [0.3, 0.4) is 0 Å². The second-order valence-corrected chi connectivity index (χ2v) is 4.53. The van der Waals surface area contributed by atoms with Gasteiger partial charge in [0, 0.05) is 4.90 Å². The lowest BCUT2D eigenvalue weighted by Gasteiger charge is -2.13. The molecular weight excluding hydrogens is 267 g/mol. The lowest BCUT2D eigenvalue weighted by atomic mass is 10.3. The Hall–Kier alpha value is -1.21. The smallest absolute Gasteiger partial charge is 0.287 e. The lowest BCUT2D eigenvalue weighted by molar-refractivity contribution is -0.121. The van der Waals surface area contributed by atoms with Crippen LogP contribution in [-0.2, 0) is 4.79 Å². The quantitative estimate of drug-likeness (QED) is 0.779. The number of nitrogens with one attached hydrogen (secondary N) is 1. The Morgan fingerprint density at radius 3 is 2.67 bits per heavy atom. The fraction of sp³-hybridized carbons (Fsp3) is 0.364. The van der Waals surface area contributed by atoms with Crippen molar-refractivity contribution in [3.8, 4) is 0 Å². The first kappa shape index (κ1) is 14.8. The Balaban J connectivity index is 2.36. The van der Waals surface area contributed by atoms with Gasteiger partial charge in [0.1, 0.15) is 12.4 Å². The van der Waals surface area contributed by atoms with Crippen LogP contribution in [-0.4, -0.2) is 35.8 Å². The van der Waals surface area contributed by atoms with Crippen molar-refractivity contribution < 1.29 is 23.1 Å². The van der Waals surface area contributed by atoms with Crippen LogP contribution in [0, 0.1) is 5.82 Å². The number of amides is 1. The third kappa shape index (κ3) is 4.97.